The van der Waals surface area contributed by atoms with Crippen LogP contribution in [0.1, 0.15) is 46.6 Å². The molecular weight excluding hydrogens is 392 g/mol. The van der Waals surface area contributed by atoms with Crippen molar-refractivity contribution in [3.05, 3.63) is 50.9 Å². The number of amides is 1. The molecule has 8 nitrogen and oxygen atoms in total. The second-order valence-electron chi connectivity index (χ2n) is 6.88. The van der Waals surface area contributed by atoms with Gasteiger partial charge >= 0.3 is 5.97 Å². The molecule has 0 unspecified atom stereocenters. The third-order valence-corrected chi connectivity index (χ3v) is 5.15. The highest BCUT2D eigenvalue weighted by molar-refractivity contribution is 7.17. The number of thiazole rings is 1. The number of hydrogen-bond acceptors (Lipinski definition) is 7. The molecule has 0 aliphatic carbocycles. The highest BCUT2D eigenvalue weighted by Gasteiger charge is 2.21. The summed E-state index contributed by atoms with van der Waals surface area (Å²) in [6.45, 7) is 7.99. The first-order valence-electron chi connectivity index (χ1n) is 9.27. The van der Waals surface area contributed by atoms with Gasteiger partial charge in [-0.05, 0) is 25.8 Å². The maximum atomic E-state index is 13.0. The molecule has 2 aromatic heterocycles. The van der Waals surface area contributed by atoms with Crippen LogP contribution in [-0.4, -0.2) is 33.2 Å². The van der Waals surface area contributed by atoms with Crippen LogP contribution >= 0.6 is 11.3 Å². The van der Waals surface area contributed by atoms with Crippen molar-refractivity contribution in [2.75, 3.05) is 11.9 Å². The lowest BCUT2D eigenvalue weighted by Gasteiger charge is -2.12. The zero-order valence-electron chi connectivity index (χ0n) is 16.7. The maximum Gasteiger partial charge on any atom is 0.350 e. The van der Waals surface area contributed by atoms with E-state index in [9.17, 15) is 14.4 Å². The number of nitrogens with one attached hydrogen (secondary N) is 1. The topological polar surface area (TPSA) is 103 Å². The van der Waals surface area contributed by atoms with Gasteiger partial charge in [-0.15, -0.1) is 0 Å². The van der Waals surface area contributed by atoms with E-state index in [1.54, 1.807) is 38.1 Å². The second kappa shape index (κ2) is 8.52. The van der Waals surface area contributed by atoms with Gasteiger partial charge in [0.2, 0.25) is 0 Å². The molecule has 2 heterocycles. The fourth-order valence-corrected chi connectivity index (χ4v) is 3.72. The molecule has 0 saturated heterocycles. The summed E-state index contributed by atoms with van der Waals surface area (Å²) < 4.78 is 6.32. The number of aromatic nitrogens is 3. The molecule has 0 bridgehead atoms. The van der Waals surface area contributed by atoms with Gasteiger partial charge in [-0.3, -0.25) is 14.9 Å². The Bertz CT molecular complexity index is 1130. The summed E-state index contributed by atoms with van der Waals surface area (Å²) in [4.78, 5) is 42.2. The van der Waals surface area contributed by atoms with Crippen LogP contribution in [0.2, 0.25) is 0 Å². The first-order valence-corrected chi connectivity index (χ1v) is 10.1. The van der Waals surface area contributed by atoms with Crippen LogP contribution in [0, 0.1) is 12.8 Å². The van der Waals surface area contributed by atoms with Gasteiger partial charge < -0.3 is 4.74 Å². The summed E-state index contributed by atoms with van der Waals surface area (Å²) in [7, 11) is 0. The van der Waals surface area contributed by atoms with Gasteiger partial charge in [0, 0.05) is 11.9 Å². The average Bonchev–Trinajstić information content (AvgIpc) is 3.04. The molecule has 1 aromatic carbocycles. The first-order chi connectivity index (χ1) is 13.8. The van der Waals surface area contributed by atoms with Crippen LogP contribution in [-0.2, 0) is 11.3 Å². The Labute approximate surface area is 171 Å². The third-order valence-electron chi connectivity index (χ3n) is 4.10. The molecule has 152 valence electrons. The van der Waals surface area contributed by atoms with Gasteiger partial charge in [-0.2, -0.15) is 5.10 Å². The fraction of sp³-hybridized carbons (Fsp3) is 0.350. The smallest absolute Gasteiger partial charge is 0.350 e. The van der Waals surface area contributed by atoms with Gasteiger partial charge in [0.25, 0.3) is 11.5 Å². The fourth-order valence-electron chi connectivity index (χ4n) is 2.86. The highest BCUT2D eigenvalue weighted by atomic mass is 32.1. The van der Waals surface area contributed by atoms with Crippen molar-refractivity contribution >= 4 is 39.1 Å². The van der Waals surface area contributed by atoms with Gasteiger partial charge in [0.05, 0.1) is 17.7 Å². The molecule has 0 aliphatic rings. The van der Waals surface area contributed by atoms with Gasteiger partial charge in [-0.1, -0.05) is 43.4 Å². The van der Waals surface area contributed by atoms with Gasteiger partial charge in [-0.25, -0.2) is 14.5 Å². The number of fused-ring (bicyclic) bond motifs is 1. The third kappa shape index (κ3) is 4.34. The van der Waals surface area contributed by atoms with E-state index in [0.717, 1.165) is 11.3 Å². The number of aryl methyl sites for hydroxylation is 1. The van der Waals surface area contributed by atoms with Crippen molar-refractivity contribution in [2.24, 2.45) is 5.92 Å². The van der Waals surface area contributed by atoms with E-state index in [1.807, 2.05) is 13.8 Å². The molecule has 0 radical (unpaired) electrons. The number of ether oxygens (including phenoxy) is 1. The number of nitrogens with zero attached hydrogens (tertiary/aromatic N) is 3. The standard InChI is InChI=1S/C20H22N4O4S/c1-5-28-19(27)16-12(4)21-20(29-16)22-17(25)15-13-8-6-7-9-14(13)18(26)24(23-15)10-11(2)3/h6-9,11H,5,10H2,1-4H3,(H,21,22,25). The van der Waals surface area contributed by atoms with Crippen LogP contribution in [0.5, 0.6) is 0 Å². The van der Waals surface area contributed by atoms with E-state index in [2.05, 4.69) is 15.4 Å². The molecule has 0 spiro atoms. The van der Waals surface area contributed by atoms with E-state index < -0.39 is 11.9 Å². The summed E-state index contributed by atoms with van der Waals surface area (Å²) in [5.41, 5.74) is 0.373. The van der Waals surface area contributed by atoms with Crippen molar-refractivity contribution in [2.45, 2.75) is 34.2 Å². The van der Waals surface area contributed by atoms with E-state index in [4.69, 9.17) is 4.74 Å². The molecule has 3 rings (SSSR count). The Morgan fingerprint density at radius 3 is 2.59 bits per heavy atom. The van der Waals surface area contributed by atoms with Crippen molar-refractivity contribution in [3.63, 3.8) is 0 Å². The Morgan fingerprint density at radius 1 is 1.24 bits per heavy atom. The maximum absolute atomic E-state index is 13.0. The Hall–Kier alpha value is -3.07. The number of hydrogen-bond donors (Lipinski definition) is 1. The predicted octanol–water partition coefficient (Wildman–Crippen LogP) is 3.25. The summed E-state index contributed by atoms with van der Waals surface area (Å²) >= 11 is 1.04. The van der Waals surface area contributed by atoms with Gasteiger partial charge in [0.15, 0.2) is 10.8 Å². The van der Waals surface area contributed by atoms with Gasteiger partial charge in [0.1, 0.15) is 4.88 Å². The lowest BCUT2D eigenvalue weighted by Crippen LogP contribution is -2.29. The molecule has 1 amide bonds. The normalized spacial score (nSPS) is 11.1. The van der Waals surface area contributed by atoms with E-state index in [-0.39, 0.29) is 28.9 Å². The van der Waals surface area contributed by atoms with E-state index in [0.29, 0.717) is 27.9 Å². The molecule has 0 aliphatic heterocycles. The summed E-state index contributed by atoms with van der Waals surface area (Å²) in [6, 6.07) is 6.87. The number of anilines is 1. The number of rotatable bonds is 6. The molecule has 29 heavy (non-hydrogen) atoms. The van der Waals surface area contributed by atoms with Crippen LogP contribution in [0.3, 0.4) is 0 Å². The number of carbonyl (C=O) groups excluding carboxylic acids is 2. The molecular formula is C20H22N4O4S. The monoisotopic (exact) mass is 414 g/mol. The second-order valence-corrected chi connectivity index (χ2v) is 7.88. The van der Waals surface area contributed by atoms with Crippen LogP contribution < -0.4 is 10.9 Å². The largest absolute Gasteiger partial charge is 0.462 e. The number of esters is 1. The lowest BCUT2D eigenvalue weighted by molar-refractivity contribution is 0.0531. The quantitative estimate of drug-likeness (QED) is 0.621. The van der Waals surface area contributed by atoms with Crippen molar-refractivity contribution in [1.82, 2.24) is 14.8 Å². The Balaban J connectivity index is 1.99. The first kappa shape index (κ1) is 20.7. The molecule has 9 heteroatoms. The predicted molar refractivity (Wildman–Crippen MR) is 112 cm³/mol. The number of benzene rings is 1. The zero-order chi connectivity index (χ0) is 21.1. The molecule has 3 aromatic rings. The Kier molecular flexibility index (Phi) is 6.07. The Morgan fingerprint density at radius 2 is 1.93 bits per heavy atom. The highest BCUT2D eigenvalue weighted by Crippen LogP contribution is 2.24. The molecule has 0 saturated carbocycles. The molecule has 1 N–H and O–H groups in total. The minimum atomic E-state index is -0.497. The average molecular weight is 414 g/mol. The van der Waals surface area contributed by atoms with Crippen molar-refractivity contribution in [1.29, 1.82) is 0 Å². The lowest BCUT2D eigenvalue weighted by atomic mass is 10.1. The zero-order valence-corrected chi connectivity index (χ0v) is 17.5. The minimum Gasteiger partial charge on any atom is -0.462 e. The van der Waals surface area contributed by atoms with Crippen LogP contribution in [0.25, 0.3) is 10.8 Å². The van der Waals surface area contributed by atoms with Crippen molar-refractivity contribution in [3.8, 4) is 0 Å². The van der Waals surface area contributed by atoms with Crippen LogP contribution in [0.4, 0.5) is 5.13 Å². The summed E-state index contributed by atoms with van der Waals surface area (Å²) in [5.74, 6) is -0.786. The van der Waals surface area contributed by atoms with E-state index >= 15 is 0 Å². The SMILES string of the molecule is CCOC(=O)c1sc(NC(=O)c2nn(CC(C)C)c(=O)c3ccccc23)nc1C. The molecule has 0 fully saturated rings. The summed E-state index contributed by atoms with van der Waals surface area (Å²) in [5, 5.41) is 8.16. The molecule has 0 atom stereocenters. The minimum absolute atomic E-state index is 0.131. The summed E-state index contributed by atoms with van der Waals surface area (Å²) in [6.07, 6.45) is 0. The number of carbonyl (C=O) groups is 2. The van der Waals surface area contributed by atoms with Crippen molar-refractivity contribution < 1.29 is 14.3 Å². The van der Waals surface area contributed by atoms with Crippen LogP contribution in [0.15, 0.2) is 29.1 Å². The van der Waals surface area contributed by atoms with E-state index in [1.165, 1.54) is 4.68 Å².